The molecule has 0 aliphatic rings. The molecule has 2 aromatic rings. The molecule has 0 amide bonds. The van der Waals surface area contributed by atoms with E-state index < -0.39 is 0 Å². The first kappa shape index (κ1) is 24.3. The lowest BCUT2D eigenvalue weighted by Gasteiger charge is -2.15. The molecule has 0 saturated heterocycles. The molecule has 26 heavy (non-hydrogen) atoms. The summed E-state index contributed by atoms with van der Waals surface area (Å²) in [4.78, 5) is 11.1. The van der Waals surface area contributed by atoms with E-state index in [0.29, 0.717) is 5.92 Å². The summed E-state index contributed by atoms with van der Waals surface area (Å²) in [5.41, 5.74) is 3.50. The van der Waals surface area contributed by atoms with Gasteiger partial charge < -0.3 is 4.90 Å². The van der Waals surface area contributed by atoms with Gasteiger partial charge in [0.05, 0.1) is 0 Å². The molecule has 0 spiro atoms. The average molecular weight is 358 g/mol. The van der Waals surface area contributed by atoms with E-state index in [1.165, 1.54) is 31.6 Å². The second-order valence-corrected chi connectivity index (χ2v) is 6.39. The van der Waals surface area contributed by atoms with Gasteiger partial charge in [-0.1, -0.05) is 72.7 Å². The monoisotopic (exact) mass is 357 g/mol. The van der Waals surface area contributed by atoms with Gasteiger partial charge >= 0.3 is 0 Å². The standard InChI is InChI=1S/C14H16N2.C7H17N.C2H6/c1-10(2)12-4-6-13(7-5-12)14-15-8-11(3)9-16-14;1-4-7-8(5-2)6-3;1-2/h4-10H,1-3H3;4-7H2,1-3H3;1-2H3. The molecular weight excluding hydrogens is 318 g/mol. The topological polar surface area (TPSA) is 29.0 Å². The summed E-state index contributed by atoms with van der Waals surface area (Å²) in [6.07, 6.45) is 4.97. The smallest absolute Gasteiger partial charge is 0.159 e. The Kier molecular flexibility index (Phi) is 13.5. The highest BCUT2D eigenvalue weighted by Gasteiger charge is 2.02. The van der Waals surface area contributed by atoms with E-state index >= 15 is 0 Å². The van der Waals surface area contributed by atoms with Crippen molar-refractivity contribution in [1.82, 2.24) is 14.9 Å². The van der Waals surface area contributed by atoms with E-state index in [9.17, 15) is 0 Å². The summed E-state index contributed by atoms with van der Waals surface area (Å²) < 4.78 is 0. The van der Waals surface area contributed by atoms with Crippen LogP contribution in [0.5, 0.6) is 0 Å². The molecular formula is C23H39N3. The van der Waals surface area contributed by atoms with Crippen LogP contribution in [0.1, 0.15) is 71.9 Å². The molecule has 0 unspecified atom stereocenters. The number of hydrogen-bond donors (Lipinski definition) is 0. The van der Waals surface area contributed by atoms with Crippen LogP contribution in [0, 0.1) is 6.92 Å². The van der Waals surface area contributed by atoms with Crippen LogP contribution in [0.25, 0.3) is 11.4 Å². The number of benzene rings is 1. The fourth-order valence-corrected chi connectivity index (χ4v) is 2.41. The molecule has 0 aliphatic carbocycles. The first-order valence-corrected chi connectivity index (χ1v) is 10.1. The van der Waals surface area contributed by atoms with Gasteiger partial charge in [0, 0.05) is 18.0 Å². The third-order valence-electron chi connectivity index (χ3n) is 4.05. The SMILES string of the molecule is CC.CCCN(CC)CC.Cc1cnc(-c2ccc(C(C)C)cc2)nc1. The van der Waals surface area contributed by atoms with Gasteiger partial charge in [-0.3, -0.25) is 0 Å². The molecule has 3 nitrogen and oxygen atoms in total. The zero-order chi connectivity index (χ0) is 19.9. The minimum absolute atomic E-state index is 0.563. The van der Waals surface area contributed by atoms with E-state index in [-0.39, 0.29) is 0 Å². The van der Waals surface area contributed by atoms with Gasteiger partial charge in [0.2, 0.25) is 0 Å². The van der Waals surface area contributed by atoms with Crippen LogP contribution in [0.15, 0.2) is 36.7 Å². The first-order chi connectivity index (χ1) is 12.5. The zero-order valence-corrected chi connectivity index (χ0v) is 18.2. The molecule has 0 saturated carbocycles. The summed E-state index contributed by atoms with van der Waals surface area (Å²) in [6, 6.07) is 8.45. The van der Waals surface area contributed by atoms with Gasteiger partial charge in [0.25, 0.3) is 0 Å². The molecule has 1 heterocycles. The van der Waals surface area contributed by atoms with Gasteiger partial charge in [-0.2, -0.15) is 0 Å². The maximum Gasteiger partial charge on any atom is 0.159 e. The van der Waals surface area contributed by atoms with Crippen molar-refractivity contribution in [3.05, 3.63) is 47.8 Å². The van der Waals surface area contributed by atoms with Crippen molar-refractivity contribution in [1.29, 1.82) is 0 Å². The van der Waals surface area contributed by atoms with Crippen LogP contribution in [-0.2, 0) is 0 Å². The molecule has 0 fully saturated rings. The fraction of sp³-hybridized carbons (Fsp3) is 0.565. The van der Waals surface area contributed by atoms with Crippen LogP contribution >= 0.6 is 0 Å². The van der Waals surface area contributed by atoms with Crippen LogP contribution in [0.4, 0.5) is 0 Å². The summed E-state index contributed by atoms with van der Waals surface area (Å²) in [5.74, 6) is 1.36. The molecule has 0 radical (unpaired) electrons. The Balaban J connectivity index is 0.000000533. The van der Waals surface area contributed by atoms with E-state index in [1.54, 1.807) is 0 Å². The molecule has 3 heteroatoms. The van der Waals surface area contributed by atoms with Gasteiger partial charge in [-0.15, -0.1) is 0 Å². The fourth-order valence-electron chi connectivity index (χ4n) is 2.41. The van der Waals surface area contributed by atoms with E-state index in [4.69, 9.17) is 0 Å². The summed E-state index contributed by atoms with van der Waals surface area (Å²) in [7, 11) is 0. The molecule has 2 rings (SSSR count). The van der Waals surface area contributed by atoms with Crippen molar-refractivity contribution in [3.8, 4) is 11.4 Å². The maximum atomic E-state index is 4.31. The third-order valence-corrected chi connectivity index (χ3v) is 4.05. The third kappa shape index (κ3) is 9.10. The summed E-state index contributed by atoms with van der Waals surface area (Å²) >= 11 is 0. The van der Waals surface area contributed by atoms with Crippen LogP contribution < -0.4 is 0 Å². The number of hydrogen-bond acceptors (Lipinski definition) is 3. The number of nitrogens with zero attached hydrogens (tertiary/aromatic N) is 3. The largest absolute Gasteiger partial charge is 0.304 e. The number of aryl methyl sites for hydroxylation is 1. The van der Waals surface area contributed by atoms with Gasteiger partial charge in [-0.25, -0.2) is 9.97 Å². The minimum atomic E-state index is 0.563. The Bertz CT molecular complexity index is 555. The highest BCUT2D eigenvalue weighted by atomic mass is 15.1. The number of rotatable bonds is 6. The van der Waals surface area contributed by atoms with Crippen molar-refractivity contribution in [2.75, 3.05) is 19.6 Å². The minimum Gasteiger partial charge on any atom is -0.304 e. The lowest BCUT2D eigenvalue weighted by molar-refractivity contribution is 0.304. The second kappa shape index (κ2) is 14.4. The summed E-state index contributed by atoms with van der Waals surface area (Å²) in [6.45, 7) is 20.7. The van der Waals surface area contributed by atoms with Crippen molar-refractivity contribution in [2.24, 2.45) is 0 Å². The quantitative estimate of drug-likeness (QED) is 0.604. The summed E-state index contributed by atoms with van der Waals surface area (Å²) in [5, 5.41) is 0. The predicted molar refractivity (Wildman–Crippen MR) is 116 cm³/mol. The highest BCUT2D eigenvalue weighted by molar-refractivity contribution is 5.55. The van der Waals surface area contributed by atoms with Gasteiger partial charge in [0.15, 0.2) is 5.82 Å². The first-order valence-electron chi connectivity index (χ1n) is 10.1. The van der Waals surface area contributed by atoms with E-state index in [2.05, 4.69) is 73.8 Å². The zero-order valence-electron chi connectivity index (χ0n) is 18.2. The van der Waals surface area contributed by atoms with Crippen molar-refractivity contribution in [2.45, 2.75) is 67.7 Å². The van der Waals surface area contributed by atoms with Crippen molar-refractivity contribution < 1.29 is 0 Å². The molecule has 0 atom stereocenters. The van der Waals surface area contributed by atoms with Crippen molar-refractivity contribution >= 4 is 0 Å². The van der Waals surface area contributed by atoms with Crippen molar-refractivity contribution in [3.63, 3.8) is 0 Å². The van der Waals surface area contributed by atoms with Crippen LogP contribution in [-0.4, -0.2) is 34.5 Å². The normalized spacial score (nSPS) is 10.1. The van der Waals surface area contributed by atoms with Gasteiger partial charge in [-0.05, 0) is 50.0 Å². The lowest BCUT2D eigenvalue weighted by Crippen LogP contribution is -2.23. The Morgan fingerprint density at radius 2 is 1.38 bits per heavy atom. The maximum absolute atomic E-state index is 4.31. The Morgan fingerprint density at radius 1 is 0.885 bits per heavy atom. The van der Waals surface area contributed by atoms with Crippen LogP contribution in [0.2, 0.25) is 0 Å². The second-order valence-electron chi connectivity index (χ2n) is 6.39. The Hall–Kier alpha value is -1.74. The van der Waals surface area contributed by atoms with E-state index in [1.807, 2.05) is 33.2 Å². The average Bonchev–Trinajstić information content (AvgIpc) is 2.69. The molecule has 1 aromatic carbocycles. The van der Waals surface area contributed by atoms with Gasteiger partial charge in [0.1, 0.15) is 0 Å². The van der Waals surface area contributed by atoms with Crippen LogP contribution in [0.3, 0.4) is 0 Å². The predicted octanol–water partition coefficient (Wildman–Crippen LogP) is 6.34. The molecule has 0 bridgehead atoms. The molecule has 0 N–H and O–H groups in total. The Morgan fingerprint density at radius 3 is 1.73 bits per heavy atom. The molecule has 146 valence electrons. The van der Waals surface area contributed by atoms with E-state index in [0.717, 1.165) is 17.0 Å². The number of aromatic nitrogens is 2. The molecule has 0 aliphatic heterocycles. The lowest BCUT2D eigenvalue weighted by atomic mass is 10.0. The molecule has 1 aromatic heterocycles. The highest BCUT2D eigenvalue weighted by Crippen LogP contribution is 2.19. The Labute approximate surface area is 161 Å².